The SMILES string of the molecule is CC(C(=O)O)N(C)Cc1nnnn1-c1ccc(C(F)(F)F)cc1.Cl. The number of tetrazole rings is 1. The molecule has 1 unspecified atom stereocenters. The minimum atomic E-state index is -4.42. The normalized spacial score (nSPS) is 12.8. The molecule has 0 spiro atoms. The fourth-order valence-corrected chi connectivity index (χ4v) is 1.85. The molecule has 0 amide bonds. The largest absolute Gasteiger partial charge is 0.480 e. The number of rotatable bonds is 5. The third-order valence-electron chi connectivity index (χ3n) is 3.38. The number of likely N-dealkylation sites (N-methyl/N-ethyl adjacent to an activating group) is 1. The summed E-state index contributed by atoms with van der Waals surface area (Å²) in [4.78, 5) is 12.5. The Balaban J connectivity index is 0.00000288. The molecule has 24 heavy (non-hydrogen) atoms. The lowest BCUT2D eigenvalue weighted by atomic mass is 10.2. The Morgan fingerprint density at radius 3 is 2.42 bits per heavy atom. The first kappa shape index (κ1) is 19.8. The van der Waals surface area contributed by atoms with Crippen LogP contribution in [0.2, 0.25) is 0 Å². The molecular formula is C13H15ClF3N5O2. The zero-order valence-electron chi connectivity index (χ0n) is 12.7. The molecule has 0 aliphatic carbocycles. The second-order valence-electron chi connectivity index (χ2n) is 4.98. The van der Waals surface area contributed by atoms with Gasteiger partial charge < -0.3 is 5.11 Å². The van der Waals surface area contributed by atoms with Gasteiger partial charge in [0.05, 0.1) is 17.8 Å². The van der Waals surface area contributed by atoms with Crippen molar-refractivity contribution in [2.45, 2.75) is 25.7 Å². The van der Waals surface area contributed by atoms with Crippen LogP contribution in [0.4, 0.5) is 13.2 Å². The highest BCUT2D eigenvalue weighted by atomic mass is 35.5. The summed E-state index contributed by atoms with van der Waals surface area (Å²) in [6, 6.07) is 3.62. The van der Waals surface area contributed by atoms with Gasteiger partial charge in [0.25, 0.3) is 0 Å². The smallest absolute Gasteiger partial charge is 0.416 e. The fraction of sp³-hybridized carbons (Fsp3) is 0.385. The van der Waals surface area contributed by atoms with Gasteiger partial charge in [0, 0.05) is 0 Å². The van der Waals surface area contributed by atoms with Crippen LogP contribution in [0.5, 0.6) is 0 Å². The zero-order chi connectivity index (χ0) is 17.2. The predicted octanol–water partition coefficient (Wildman–Crippen LogP) is 2.01. The van der Waals surface area contributed by atoms with Crippen LogP contribution in [0.1, 0.15) is 18.3 Å². The molecule has 1 aromatic carbocycles. The number of nitrogens with zero attached hydrogens (tertiary/aromatic N) is 5. The maximum atomic E-state index is 12.6. The molecule has 1 N–H and O–H groups in total. The Labute approximate surface area is 141 Å². The monoisotopic (exact) mass is 365 g/mol. The summed E-state index contributed by atoms with van der Waals surface area (Å²) < 4.78 is 39.0. The van der Waals surface area contributed by atoms with Crippen LogP contribution in [-0.2, 0) is 17.5 Å². The van der Waals surface area contributed by atoms with Gasteiger partial charge in [0.15, 0.2) is 5.82 Å². The summed E-state index contributed by atoms with van der Waals surface area (Å²) in [5.74, 6) is -0.679. The summed E-state index contributed by atoms with van der Waals surface area (Å²) in [7, 11) is 1.59. The lowest BCUT2D eigenvalue weighted by molar-refractivity contribution is -0.142. The van der Waals surface area contributed by atoms with Crippen LogP contribution in [0.25, 0.3) is 5.69 Å². The van der Waals surface area contributed by atoms with E-state index in [4.69, 9.17) is 5.11 Å². The highest BCUT2D eigenvalue weighted by molar-refractivity contribution is 5.85. The molecule has 0 saturated carbocycles. The number of halogens is 4. The second-order valence-corrected chi connectivity index (χ2v) is 4.98. The Hall–Kier alpha value is -2.20. The topological polar surface area (TPSA) is 84.1 Å². The molecule has 11 heteroatoms. The number of benzene rings is 1. The van der Waals surface area contributed by atoms with Gasteiger partial charge in [-0.05, 0) is 48.7 Å². The van der Waals surface area contributed by atoms with E-state index < -0.39 is 23.8 Å². The van der Waals surface area contributed by atoms with Crippen molar-refractivity contribution in [2.24, 2.45) is 0 Å². The van der Waals surface area contributed by atoms with Gasteiger partial charge in [0.2, 0.25) is 0 Å². The maximum absolute atomic E-state index is 12.6. The molecule has 1 atom stereocenters. The Morgan fingerprint density at radius 1 is 1.33 bits per heavy atom. The second kappa shape index (κ2) is 7.58. The fourth-order valence-electron chi connectivity index (χ4n) is 1.85. The highest BCUT2D eigenvalue weighted by Crippen LogP contribution is 2.29. The van der Waals surface area contributed by atoms with Crippen LogP contribution in [0, 0.1) is 0 Å². The zero-order valence-corrected chi connectivity index (χ0v) is 13.5. The van der Waals surface area contributed by atoms with E-state index in [2.05, 4.69) is 15.5 Å². The molecule has 0 aliphatic rings. The highest BCUT2D eigenvalue weighted by Gasteiger charge is 2.30. The van der Waals surface area contributed by atoms with Crippen molar-refractivity contribution < 1.29 is 23.1 Å². The molecule has 0 fully saturated rings. The van der Waals surface area contributed by atoms with E-state index in [1.165, 1.54) is 28.6 Å². The van der Waals surface area contributed by atoms with Crippen molar-refractivity contribution in [3.05, 3.63) is 35.7 Å². The van der Waals surface area contributed by atoms with Crippen LogP contribution < -0.4 is 0 Å². The van der Waals surface area contributed by atoms with Crippen molar-refractivity contribution >= 4 is 18.4 Å². The first-order valence-electron chi connectivity index (χ1n) is 6.58. The van der Waals surface area contributed by atoms with Gasteiger partial charge in [-0.2, -0.15) is 17.9 Å². The number of aromatic nitrogens is 4. The van der Waals surface area contributed by atoms with Gasteiger partial charge in [0.1, 0.15) is 6.04 Å². The van der Waals surface area contributed by atoms with E-state index in [0.29, 0.717) is 11.5 Å². The van der Waals surface area contributed by atoms with Crippen LogP contribution in [0.3, 0.4) is 0 Å². The maximum Gasteiger partial charge on any atom is 0.416 e. The molecule has 132 valence electrons. The number of carbonyl (C=O) groups is 1. The van der Waals surface area contributed by atoms with E-state index >= 15 is 0 Å². The molecule has 1 heterocycles. The van der Waals surface area contributed by atoms with Gasteiger partial charge in [-0.25, -0.2) is 0 Å². The minimum Gasteiger partial charge on any atom is -0.480 e. The molecule has 2 rings (SSSR count). The quantitative estimate of drug-likeness (QED) is 0.872. The summed E-state index contributed by atoms with van der Waals surface area (Å²) >= 11 is 0. The number of hydrogen-bond acceptors (Lipinski definition) is 5. The van der Waals surface area contributed by atoms with Gasteiger partial charge in [-0.1, -0.05) is 0 Å². The molecule has 0 bridgehead atoms. The lowest BCUT2D eigenvalue weighted by Crippen LogP contribution is -2.36. The Kier molecular flexibility index (Phi) is 6.27. The molecule has 0 saturated heterocycles. The van der Waals surface area contributed by atoms with Crippen LogP contribution >= 0.6 is 12.4 Å². The van der Waals surface area contributed by atoms with E-state index in [-0.39, 0.29) is 19.0 Å². The van der Waals surface area contributed by atoms with Crippen molar-refractivity contribution in [1.82, 2.24) is 25.1 Å². The van der Waals surface area contributed by atoms with E-state index in [9.17, 15) is 18.0 Å². The summed E-state index contributed by atoms with van der Waals surface area (Å²) in [6.07, 6.45) is -4.42. The average Bonchev–Trinajstić information content (AvgIpc) is 2.93. The van der Waals surface area contributed by atoms with Crippen molar-refractivity contribution in [3.63, 3.8) is 0 Å². The van der Waals surface area contributed by atoms with Crippen molar-refractivity contribution in [3.8, 4) is 5.69 Å². The molecule has 1 aromatic heterocycles. The van der Waals surface area contributed by atoms with Gasteiger partial charge >= 0.3 is 12.1 Å². The van der Waals surface area contributed by atoms with Crippen LogP contribution in [0.15, 0.2) is 24.3 Å². The van der Waals surface area contributed by atoms with E-state index in [1.54, 1.807) is 7.05 Å². The van der Waals surface area contributed by atoms with Gasteiger partial charge in [-0.15, -0.1) is 17.5 Å². The number of carboxylic acids is 1. The average molecular weight is 366 g/mol. The Bertz CT molecular complexity index is 690. The number of carboxylic acid groups (broad SMARTS) is 1. The molecule has 0 radical (unpaired) electrons. The molecular weight excluding hydrogens is 351 g/mol. The number of aliphatic carboxylic acids is 1. The minimum absolute atomic E-state index is 0. The molecule has 7 nitrogen and oxygen atoms in total. The number of hydrogen-bond donors (Lipinski definition) is 1. The summed E-state index contributed by atoms with van der Waals surface area (Å²) in [5, 5.41) is 20.0. The summed E-state index contributed by atoms with van der Waals surface area (Å²) in [5.41, 5.74) is -0.415. The van der Waals surface area contributed by atoms with E-state index in [0.717, 1.165) is 12.1 Å². The predicted molar refractivity (Wildman–Crippen MR) is 80.0 cm³/mol. The van der Waals surface area contributed by atoms with Gasteiger partial charge in [-0.3, -0.25) is 9.69 Å². The van der Waals surface area contributed by atoms with Crippen molar-refractivity contribution in [1.29, 1.82) is 0 Å². The molecule has 0 aliphatic heterocycles. The van der Waals surface area contributed by atoms with Crippen molar-refractivity contribution in [2.75, 3.05) is 7.05 Å². The Morgan fingerprint density at radius 2 is 1.92 bits per heavy atom. The third-order valence-corrected chi connectivity index (χ3v) is 3.38. The van der Waals surface area contributed by atoms with Crippen LogP contribution in [-0.4, -0.2) is 49.3 Å². The first-order chi connectivity index (χ1) is 10.7. The summed E-state index contributed by atoms with van der Waals surface area (Å²) in [6.45, 7) is 1.64. The third kappa shape index (κ3) is 4.42. The molecule has 2 aromatic rings. The van der Waals surface area contributed by atoms with E-state index in [1.807, 2.05) is 0 Å². The standard InChI is InChI=1S/C13H14F3N5O2.ClH/c1-8(12(22)23)20(2)7-11-17-18-19-21(11)10-5-3-9(4-6-10)13(14,15)16;/h3-6,8H,7H2,1-2H3,(H,22,23);1H. The lowest BCUT2D eigenvalue weighted by Gasteiger charge is -2.20. The number of alkyl halides is 3. The first-order valence-corrected chi connectivity index (χ1v) is 6.58.